The molecule has 1 heterocycles. The van der Waals surface area contributed by atoms with Gasteiger partial charge in [0.1, 0.15) is 19.4 Å². The predicted octanol–water partition coefficient (Wildman–Crippen LogP) is 4.40. The van der Waals surface area contributed by atoms with E-state index in [4.69, 9.17) is 10.5 Å². The molecule has 1 N–H and O–H groups in total. The summed E-state index contributed by atoms with van der Waals surface area (Å²) in [4.78, 5) is 20.1. The molecule has 0 spiro atoms. The lowest BCUT2D eigenvalue weighted by Gasteiger charge is -2.17. The summed E-state index contributed by atoms with van der Waals surface area (Å²) in [5.74, 6) is -0.173. The Kier molecular flexibility index (Phi) is 6.75. The maximum Gasteiger partial charge on any atom is 0.353 e. The third-order valence-electron chi connectivity index (χ3n) is 3.98. The SMILES string of the molecule is N#CCN(CC#N)c1ncnc(Nc2ccc(N=Nc3ccccc3)cc2)c1[N+](=O)[O-]. The molecule has 0 aliphatic heterocycles. The fraction of sp³-hybridized carbons (Fsp3) is 0.100. The molecule has 11 heteroatoms. The second-order valence-corrected chi connectivity index (χ2v) is 6.03. The zero-order chi connectivity index (χ0) is 22.1. The molecule has 0 atom stereocenters. The molecule has 0 fully saturated rings. The van der Waals surface area contributed by atoms with Gasteiger partial charge < -0.3 is 10.2 Å². The molecule has 152 valence electrons. The van der Waals surface area contributed by atoms with Crippen molar-refractivity contribution in [2.75, 3.05) is 23.3 Å². The number of nitrogens with one attached hydrogen (secondary N) is 1. The lowest BCUT2D eigenvalue weighted by molar-refractivity contribution is -0.383. The Morgan fingerprint density at radius 3 is 2.16 bits per heavy atom. The summed E-state index contributed by atoms with van der Waals surface area (Å²) in [6, 6.07) is 19.7. The van der Waals surface area contributed by atoms with Crippen molar-refractivity contribution in [1.29, 1.82) is 10.5 Å². The number of rotatable bonds is 8. The number of nitro groups is 1. The van der Waals surface area contributed by atoms with Crippen LogP contribution in [0, 0.1) is 32.8 Å². The number of benzene rings is 2. The molecular formula is C20H15N9O2. The molecule has 3 aromatic rings. The van der Waals surface area contributed by atoms with Crippen LogP contribution >= 0.6 is 0 Å². The Bertz CT molecular complexity index is 1150. The third-order valence-corrected chi connectivity index (χ3v) is 3.98. The Morgan fingerprint density at radius 2 is 1.58 bits per heavy atom. The van der Waals surface area contributed by atoms with Crippen LogP contribution in [0.3, 0.4) is 0 Å². The molecule has 0 aliphatic rings. The summed E-state index contributed by atoms with van der Waals surface area (Å²) >= 11 is 0. The van der Waals surface area contributed by atoms with Crippen molar-refractivity contribution in [2.24, 2.45) is 10.2 Å². The topological polar surface area (TPSA) is 156 Å². The normalized spacial score (nSPS) is 10.3. The van der Waals surface area contributed by atoms with Gasteiger partial charge in [-0.25, -0.2) is 9.97 Å². The van der Waals surface area contributed by atoms with E-state index in [0.717, 1.165) is 6.33 Å². The maximum absolute atomic E-state index is 11.7. The second kappa shape index (κ2) is 10.0. The van der Waals surface area contributed by atoms with Gasteiger partial charge in [0.05, 0.1) is 28.4 Å². The third kappa shape index (κ3) is 5.34. The Balaban J connectivity index is 1.84. The first-order valence-electron chi connectivity index (χ1n) is 8.94. The minimum absolute atomic E-state index is 0.0606. The number of azo groups is 1. The van der Waals surface area contributed by atoms with Crippen molar-refractivity contribution in [3.63, 3.8) is 0 Å². The maximum atomic E-state index is 11.7. The zero-order valence-electron chi connectivity index (χ0n) is 16.1. The van der Waals surface area contributed by atoms with Gasteiger partial charge >= 0.3 is 5.69 Å². The minimum atomic E-state index is -0.651. The lowest BCUT2D eigenvalue weighted by atomic mass is 10.2. The molecule has 0 amide bonds. The highest BCUT2D eigenvalue weighted by Crippen LogP contribution is 2.33. The molecule has 0 unspecified atom stereocenters. The zero-order valence-corrected chi connectivity index (χ0v) is 16.1. The van der Waals surface area contributed by atoms with Crippen molar-refractivity contribution in [3.8, 4) is 12.1 Å². The Labute approximate surface area is 177 Å². The van der Waals surface area contributed by atoms with Crippen LogP contribution in [-0.4, -0.2) is 28.0 Å². The molecule has 0 saturated heterocycles. The van der Waals surface area contributed by atoms with E-state index in [2.05, 4.69) is 25.5 Å². The monoisotopic (exact) mass is 413 g/mol. The van der Waals surface area contributed by atoms with Gasteiger partial charge in [0, 0.05) is 5.69 Å². The number of aromatic nitrogens is 2. The lowest BCUT2D eigenvalue weighted by Crippen LogP contribution is -2.26. The smallest absolute Gasteiger partial charge is 0.334 e. The van der Waals surface area contributed by atoms with Gasteiger partial charge in [-0.05, 0) is 36.4 Å². The second-order valence-electron chi connectivity index (χ2n) is 6.03. The van der Waals surface area contributed by atoms with E-state index in [1.54, 1.807) is 24.3 Å². The van der Waals surface area contributed by atoms with Gasteiger partial charge in [-0.2, -0.15) is 20.8 Å². The van der Waals surface area contributed by atoms with E-state index >= 15 is 0 Å². The van der Waals surface area contributed by atoms with Crippen molar-refractivity contribution >= 4 is 34.4 Å². The number of nitriles is 2. The minimum Gasteiger partial charge on any atom is -0.334 e. The molecule has 0 bridgehead atoms. The molecule has 2 aromatic carbocycles. The average molecular weight is 413 g/mol. The number of nitrogens with zero attached hydrogens (tertiary/aromatic N) is 8. The van der Waals surface area contributed by atoms with Gasteiger partial charge in [0.15, 0.2) is 0 Å². The van der Waals surface area contributed by atoms with Crippen LogP contribution in [0.15, 0.2) is 71.2 Å². The first kappa shape index (κ1) is 20.8. The molecule has 0 saturated carbocycles. The first-order valence-corrected chi connectivity index (χ1v) is 8.94. The van der Waals surface area contributed by atoms with Crippen LogP contribution in [0.25, 0.3) is 0 Å². The molecule has 0 radical (unpaired) electrons. The largest absolute Gasteiger partial charge is 0.353 e. The molecular weight excluding hydrogens is 398 g/mol. The van der Waals surface area contributed by atoms with Gasteiger partial charge in [-0.1, -0.05) is 18.2 Å². The molecule has 11 nitrogen and oxygen atoms in total. The summed E-state index contributed by atoms with van der Waals surface area (Å²) in [5, 5.41) is 40.7. The predicted molar refractivity (Wildman–Crippen MR) is 112 cm³/mol. The summed E-state index contributed by atoms with van der Waals surface area (Å²) < 4.78 is 0. The van der Waals surface area contributed by atoms with Crippen LogP contribution < -0.4 is 10.2 Å². The fourth-order valence-corrected chi connectivity index (χ4v) is 2.60. The van der Waals surface area contributed by atoms with E-state index in [9.17, 15) is 10.1 Å². The van der Waals surface area contributed by atoms with Crippen LogP contribution in [-0.2, 0) is 0 Å². The van der Waals surface area contributed by atoms with E-state index in [1.165, 1.54) is 4.90 Å². The quantitative estimate of drug-likeness (QED) is 0.246. The van der Waals surface area contributed by atoms with Crippen LogP contribution in [0.2, 0.25) is 0 Å². The van der Waals surface area contributed by atoms with E-state index in [-0.39, 0.29) is 24.7 Å². The summed E-state index contributed by atoms with van der Waals surface area (Å²) in [6.07, 6.45) is 1.13. The molecule has 1 aromatic heterocycles. The van der Waals surface area contributed by atoms with Gasteiger partial charge in [0.25, 0.3) is 0 Å². The van der Waals surface area contributed by atoms with Gasteiger partial charge in [-0.3, -0.25) is 10.1 Å². The van der Waals surface area contributed by atoms with Crippen LogP contribution in [0.5, 0.6) is 0 Å². The van der Waals surface area contributed by atoms with Crippen molar-refractivity contribution in [2.45, 2.75) is 0 Å². The highest BCUT2D eigenvalue weighted by Gasteiger charge is 2.27. The van der Waals surface area contributed by atoms with Crippen molar-refractivity contribution in [1.82, 2.24) is 9.97 Å². The van der Waals surface area contributed by atoms with Crippen molar-refractivity contribution < 1.29 is 4.92 Å². The van der Waals surface area contributed by atoms with Crippen LogP contribution in [0.4, 0.5) is 34.4 Å². The van der Waals surface area contributed by atoms with Gasteiger partial charge in [-0.15, -0.1) is 0 Å². The highest BCUT2D eigenvalue weighted by atomic mass is 16.6. The number of hydrogen-bond acceptors (Lipinski definition) is 10. The highest BCUT2D eigenvalue weighted by molar-refractivity contribution is 5.75. The standard InChI is InChI=1S/C20H15N9O2/c21-10-12-28(13-11-22)20-18(29(30)31)19(23-14-24-20)25-15-6-8-17(9-7-15)27-26-16-4-2-1-3-5-16/h1-9,14H,12-13H2,(H,23,24,25). The van der Waals surface area contributed by atoms with E-state index in [0.29, 0.717) is 17.1 Å². The summed E-state index contributed by atoms with van der Waals surface area (Å²) in [7, 11) is 0. The summed E-state index contributed by atoms with van der Waals surface area (Å²) in [5.41, 5.74) is 1.41. The number of anilines is 3. The molecule has 31 heavy (non-hydrogen) atoms. The number of hydrogen-bond donors (Lipinski definition) is 1. The molecule has 3 rings (SSSR count). The van der Waals surface area contributed by atoms with Crippen LogP contribution in [0.1, 0.15) is 0 Å². The first-order chi connectivity index (χ1) is 15.1. The van der Waals surface area contributed by atoms with Crippen molar-refractivity contribution in [3.05, 3.63) is 71.0 Å². The molecule has 0 aliphatic carbocycles. The average Bonchev–Trinajstić information content (AvgIpc) is 2.79. The Morgan fingerprint density at radius 1 is 0.968 bits per heavy atom. The van der Waals surface area contributed by atoms with E-state index < -0.39 is 10.6 Å². The van der Waals surface area contributed by atoms with E-state index in [1.807, 2.05) is 42.5 Å². The Hall–Kier alpha value is -4.90. The van der Waals surface area contributed by atoms with Gasteiger partial charge in [0.2, 0.25) is 11.6 Å². The fourth-order valence-electron chi connectivity index (χ4n) is 2.60. The summed E-state index contributed by atoms with van der Waals surface area (Å²) in [6.45, 7) is -0.460.